The van der Waals surface area contributed by atoms with Crippen molar-refractivity contribution in [3.05, 3.63) is 50.7 Å². The maximum atomic E-state index is 5.90. The molecule has 0 spiro atoms. The van der Waals surface area contributed by atoms with Gasteiger partial charge in [-0.3, -0.25) is 0 Å². The van der Waals surface area contributed by atoms with Crippen molar-refractivity contribution in [2.45, 2.75) is 0 Å². The van der Waals surface area contributed by atoms with Gasteiger partial charge in [-0.05, 0) is 52.9 Å². The molecular formula is C12H9ClIN3S. The first kappa shape index (κ1) is 13.5. The zero-order chi connectivity index (χ0) is 13.1. The fourth-order valence-corrected chi connectivity index (χ4v) is 2.49. The van der Waals surface area contributed by atoms with E-state index in [1.54, 1.807) is 6.07 Å². The van der Waals surface area contributed by atoms with Gasteiger partial charge in [0.15, 0.2) is 0 Å². The third-order valence-electron chi connectivity index (χ3n) is 2.20. The predicted octanol–water partition coefficient (Wildman–Crippen LogP) is 3.72. The number of thiocarbonyl (C=S) groups is 1. The van der Waals surface area contributed by atoms with Crippen molar-refractivity contribution in [1.82, 2.24) is 4.98 Å². The lowest BCUT2D eigenvalue weighted by atomic mass is 10.3. The molecule has 0 fully saturated rings. The summed E-state index contributed by atoms with van der Waals surface area (Å²) in [5.74, 6) is 0.695. The molecule has 1 heterocycles. The minimum atomic E-state index is 0.282. The Labute approximate surface area is 129 Å². The van der Waals surface area contributed by atoms with Gasteiger partial charge in [-0.25, -0.2) is 4.98 Å². The number of anilines is 2. The molecule has 18 heavy (non-hydrogen) atoms. The van der Waals surface area contributed by atoms with E-state index in [4.69, 9.17) is 29.6 Å². The van der Waals surface area contributed by atoms with E-state index >= 15 is 0 Å². The van der Waals surface area contributed by atoms with E-state index in [0.29, 0.717) is 16.5 Å². The molecule has 6 heteroatoms. The Morgan fingerprint density at radius 1 is 1.33 bits per heavy atom. The van der Waals surface area contributed by atoms with Crippen LogP contribution in [0.4, 0.5) is 11.5 Å². The standard InChI is InChI=1S/C12H9ClIN3S/c13-7-4-5-9(8(14)6-7)16-11-3-1-2-10(17-11)12(15)18/h1-6H,(H2,15,18)(H,16,17). The summed E-state index contributed by atoms with van der Waals surface area (Å²) >= 11 is 13.0. The molecule has 0 bridgehead atoms. The molecule has 3 nitrogen and oxygen atoms in total. The molecule has 0 amide bonds. The Kier molecular flexibility index (Phi) is 4.36. The third kappa shape index (κ3) is 3.30. The first-order valence-electron chi connectivity index (χ1n) is 5.05. The second kappa shape index (κ2) is 5.81. The summed E-state index contributed by atoms with van der Waals surface area (Å²) in [6.07, 6.45) is 0. The molecule has 0 saturated heterocycles. The first-order chi connectivity index (χ1) is 8.56. The summed E-state index contributed by atoms with van der Waals surface area (Å²) in [6, 6.07) is 11.1. The van der Waals surface area contributed by atoms with E-state index in [0.717, 1.165) is 9.26 Å². The number of hydrogen-bond acceptors (Lipinski definition) is 3. The Bertz CT molecular complexity index is 604. The molecule has 0 atom stereocenters. The lowest BCUT2D eigenvalue weighted by molar-refractivity contribution is 1.28. The van der Waals surface area contributed by atoms with Gasteiger partial charge < -0.3 is 11.1 Å². The number of benzene rings is 1. The van der Waals surface area contributed by atoms with Gasteiger partial charge in [-0.1, -0.05) is 29.9 Å². The van der Waals surface area contributed by atoms with E-state index < -0.39 is 0 Å². The van der Waals surface area contributed by atoms with Gasteiger partial charge in [0.05, 0.1) is 11.4 Å². The smallest absolute Gasteiger partial charge is 0.131 e. The van der Waals surface area contributed by atoms with E-state index in [-0.39, 0.29) is 4.99 Å². The van der Waals surface area contributed by atoms with Crippen LogP contribution in [-0.2, 0) is 0 Å². The molecule has 0 aliphatic carbocycles. The van der Waals surface area contributed by atoms with E-state index in [1.165, 1.54) is 0 Å². The van der Waals surface area contributed by atoms with Crippen molar-refractivity contribution in [3.63, 3.8) is 0 Å². The molecule has 0 saturated carbocycles. The highest BCUT2D eigenvalue weighted by atomic mass is 127. The summed E-state index contributed by atoms with van der Waals surface area (Å²) in [4.78, 5) is 4.60. The van der Waals surface area contributed by atoms with Crippen LogP contribution in [0.5, 0.6) is 0 Å². The lowest BCUT2D eigenvalue weighted by Crippen LogP contribution is -2.12. The SMILES string of the molecule is NC(=S)c1cccc(Nc2ccc(Cl)cc2I)n1. The van der Waals surface area contributed by atoms with Crippen molar-refractivity contribution >= 4 is 62.9 Å². The maximum Gasteiger partial charge on any atom is 0.131 e. The molecule has 0 unspecified atom stereocenters. The van der Waals surface area contributed by atoms with Gasteiger partial charge in [-0.2, -0.15) is 0 Å². The molecule has 1 aromatic carbocycles. The van der Waals surface area contributed by atoms with Crippen LogP contribution in [0.1, 0.15) is 5.69 Å². The van der Waals surface area contributed by atoms with Crippen LogP contribution in [0.2, 0.25) is 5.02 Å². The van der Waals surface area contributed by atoms with Gasteiger partial charge in [0.25, 0.3) is 0 Å². The average Bonchev–Trinajstić information content (AvgIpc) is 2.33. The summed E-state index contributed by atoms with van der Waals surface area (Å²) < 4.78 is 1.02. The van der Waals surface area contributed by atoms with Crippen LogP contribution in [0.25, 0.3) is 0 Å². The van der Waals surface area contributed by atoms with Gasteiger partial charge in [-0.15, -0.1) is 0 Å². The number of nitrogens with one attached hydrogen (secondary N) is 1. The molecular weight excluding hydrogens is 381 g/mol. The Balaban J connectivity index is 2.28. The van der Waals surface area contributed by atoms with Gasteiger partial charge in [0.2, 0.25) is 0 Å². The minimum Gasteiger partial charge on any atom is -0.388 e. The van der Waals surface area contributed by atoms with Crippen LogP contribution in [0.3, 0.4) is 0 Å². The number of pyridine rings is 1. The summed E-state index contributed by atoms with van der Waals surface area (Å²) in [5, 5.41) is 3.91. The number of rotatable bonds is 3. The van der Waals surface area contributed by atoms with E-state index in [1.807, 2.05) is 30.3 Å². The average molecular weight is 390 g/mol. The van der Waals surface area contributed by atoms with Crippen molar-refractivity contribution in [3.8, 4) is 0 Å². The molecule has 0 radical (unpaired) electrons. The number of aromatic nitrogens is 1. The van der Waals surface area contributed by atoms with Crippen molar-refractivity contribution in [2.24, 2.45) is 5.73 Å². The Morgan fingerprint density at radius 2 is 2.11 bits per heavy atom. The van der Waals surface area contributed by atoms with Crippen LogP contribution in [-0.4, -0.2) is 9.97 Å². The second-order valence-electron chi connectivity index (χ2n) is 3.52. The highest BCUT2D eigenvalue weighted by Crippen LogP contribution is 2.24. The summed E-state index contributed by atoms with van der Waals surface area (Å²) in [5.41, 5.74) is 7.08. The fraction of sp³-hybridized carbons (Fsp3) is 0. The predicted molar refractivity (Wildman–Crippen MR) is 87.6 cm³/mol. The molecule has 92 valence electrons. The Hall–Kier alpha value is -0.920. The monoisotopic (exact) mass is 389 g/mol. The zero-order valence-corrected chi connectivity index (χ0v) is 12.9. The highest BCUT2D eigenvalue weighted by Gasteiger charge is 2.04. The van der Waals surface area contributed by atoms with Crippen molar-refractivity contribution < 1.29 is 0 Å². The van der Waals surface area contributed by atoms with Crippen LogP contribution < -0.4 is 11.1 Å². The summed E-state index contributed by atoms with van der Waals surface area (Å²) in [7, 11) is 0. The molecule has 1 aromatic heterocycles. The number of nitrogens with two attached hydrogens (primary N) is 1. The van der Waals surface area contributed by atoms with Crippen LogP contribution in [0.15, 0.2) is 36.4 Å². The fourth-order valence-electron chi connectivity index (χ4n) is 1.37. The second-order valence-corrected chi connectivity index (χ2v) is 5.56. The van der Waals surface area contributed by atoms with Gasteiger partial charge in [0.1, 0.15) is 10.8 Å². The van der Waals surface area contributed by atoms with Crippen LogP contribution >= 0.6 is 46.4 Å². The highest BCUT2D eigenvalue weighted by molar-refractivity contribution is 14.1. The van der Waals surface area contributed by atoms with Crippen molar-refractivity contribution in [1.29, 1.82) is 0 Å². The number of halogens is 2. The number of hydrogen-bond donors (Lipinski definition) is 2. The van der Waals surface area contributed by atoms with E-state index in [2.05, 4.69) is 32.9 Å². The largest absolute Gasteiger partial charge is 0.388 e. The van der Waals surface area contributed by atoms with E-state index in [9.17, 15) is 0 Å². The normalized spacial score (nSPS) is 10.1. The zero-order valence-electron chi connectivity index (χ0n) is 9.15. The van der Waals surface area contributed by atoms with Gasteiger partial charge in [0, 0.05) is 8.59 Å². The molecule has 2 aromatic rings. The molecule has 0 aliphatic rings. The Morgan fingerprint density at radius 3 is 2.78 bits per heavy atom. The number of nitrogens with zero attached hydrogens (tertiary/aromatic N) is 1. The minimum absolute atomic E-state index is 0.282. The maximum absolute atomic E-state index is 5.90. The molecule has 0 aliphatic heterocycles. The summed E-state index contributed by atoms with van der Waals surface area (Å²) in [6.45, 7) is 0. The quantitative estimate of drug-likeness (QED) is 0.620. The van der Waals surface area contributed by atoms with Gasteiger partial charge >= 0.3 is 0 Å². The van der Waals surface area contributed by atoms with Crippen LogP contribution in [0, 0.1) is 3.57 Å². The molecule has 2 rings (SSSR count). The topological polar surface area (TPSA) is 50.9 Å². The van der Waals surface area contributed by atoms with Crippen molar-refractivity contribution in [2.75, 3.05) is 5.32 Å². The first-order valence-corrected chi connectivity index (χ1v) is 6.91. The lowest BCUT2D eigenvalue weighted by Gasteiger charge is -2.09. The molecule has 3 N–H and O–H groups in total. The third-order valence-corrected chi connectivity index (χ3v) is 3.53.